The molecule has 0 heterocycles. The average Bonchev–Trinajstić information content (AvgIpc) is 2.57. The fraction of sp³-hybridized carbons (Fsp3) is 0.176. The number of amidine groups is 1. The van der Waals surface area contributed by atoms with Crippen LogP contribution in [0.3, 0.4) is 0 Å². The Kier molecular flexibility index (Phi) is 7.86. The van der Waals surface area contributed by atoms with Crippen LogP contribution in [0.15, 0.2) is 35.3 Å². The highest BCUT2D eigenvalue weighted by Crippen LogP contribution is 2.33. The molecule has 27 heavy (non-hydrogen) atoms. The number of nitrogens with two attached hydrogens (primary N) is 1. The predicted octanol–water partition coefficient (Wildman–Crippen LogP) is 5.48. The van der Waals surface area contributed by atoms with E-state index in [0.717, 1.165) is 0 Å². The second-order valence-corrected chi connectivity index (χ2v) is 6.90. The van der Waals surface area contributed by atoms with Crippen LogP contribution in [0.5, 0.6) is 0 Å². The summed E-state index contributed by atoms with van der Waals surface area (Å²) in [6.45, 7) is 1.95. The molecule has 0 aromatic heterocycles. The molecule has 0 aliphatic rings. The van der Waals surface area contributed by atoms with E-state index in [4.69, 9.17) is 56.9 Å². The van der Waals surface area contributed by atoms with Gasteiger partial charge < -0.3 is 10.5 Å². The summed E-state index contributed by atoms with van der Waals surface area (Å²) < 4.78 is 4.96. The van der Waals surface area contributed by atoms with E-state index >= 15 is 0 Å². The summed E-state index contributed by atoms with van der Waals surface area (Å²) in [6.07, 6.45) is -0.144. The Morgan fingerprint density at radius 3 is 2.41 bits per heavy atom. The number of hydrogen-bond donors (Lipinski definition) is 3. The number of ether oxygens (including phenoxy) is 1. The van der Waals surface area contributed by atoms with Crippen molar-refractivity contribution >= 4 is 75.3 Å². The molecule has 0 bridgehead atoms. The molecule has 0 amide bonds. The van der Waals surface area contributed by atoms with Gasteiger partial charge in [0, 0.05) is 10.7 Å². The molecule has 2 rings (SSSR count). The molecule has 0 unspecified atom stereocenters. The van der Waals surface area contributed by atoms with Gasteiger partial charge in [-0.25, -0.2) is 4.99 Å². The second kappa shape index (κ2) is 9.90. The number of aliphatic imine (C=N–C) groups is 1. The number of nitrogens with one attached hydrogen (secondary N) is 2. The Labute approximate surface area is 176 Å². The lowest BCUT2D eigenvalue weighted by molar-refractivity contribution is -0.141. The van der Waals surface area contributed by atoms with Crippen LogP contribution >= 0.6 is 46.4 Å². The van der Waals surface area contributed by atoms with Crippen molar-refractivity contribution in [2.75, 3.05) is 17.8 Å². The van der Waals surface area contributed by atoms with Gasteiger partial charge in [0.1, 0.15) is 12.3 Å². The molecule has 0 radical (unpaired) electrons. The zero-order valence-corrected chi connectivity index (χ0v) is 17.2. The summed E-state index contributed by atoms with van der Waals surface area (Å²) in [5.74, 6) is -0.248. The number of nitrogens with zero attached hydrogens (tertiary/aromatic N) is 1. The van der Waals surface area contributed by atoms with Crippen LogP contribution in [-0.4, -0.2) is 18.4 Å². The Bertz CT molecular complexity index is 851. The maximum absolute atomic E-state index is 11.9. The number of hydrogen-bond acceptors (Lipinski definition) is 5. The summed E-state index contributed by atoms with van der Waals surface area (Å²) in [4.78, 5) is 16.2. The van der Waals surface area contributed by atoms with Gasteiger partial charge in [0.15, 0.2) is 0 Å². The Balaban J connectivity index is 2.29. The maximum atomic E-state index is 11.9. The molecule has 0 saturated heterocycles. The van der Waals surface area contributed by atoms with E-state index in [9.17, 15) is 4.79 Å². The van der Waals surface area contributed by atoms with E-state index in [1.54, 1.807) is 25.1 Å². The fourth-order valence-corrected chi connectivity index (χ4v) is 3.09. The molecule has 0 atom stereocenters. The molecule has 0 spiro atoms. The summed E-state index contributed by atoms with van der Waals surface area (Å²) in [7, 11) is 0. The van der Waals surface area contributed by atoms with Crippen LogP contribution in [0.1, 0.15) is 13.3 Å². The van der Waals surface area contributed by atoms with Gasteiger partial charge in [-0.3, -0.25) is 15.6 Å². The molecular weight excluding hydrogens is 434 g/mol. The lowest BCUT2D eigenvalue weighted by Crippen LogP contribution is -2.32. The molecule has 0 aliphatic heterocycles. The summed E-state index contributed by atoms with van der Waals surface area (Å²) >= 11 is 24.3. The highest BCUT2D eigenvalue weighted by molar-refractivity contribution is 6.41. The molecule has 6 nitrogen and oxygen atoms in total. The normalized spacial score (nSPS) is 11.2. The van der Waals surface area contributed by atoms with Crippen molar-refractivity contribution in [2.24, 2.45) is 4.99 Å². The van der Waals surface area contributed by atoms with E-state index in [1.807, 2.05) is 0 Å². The topological polar surface area (TPSA) is 88.7 Å². The molecule has 2 aromatic rings. The van der Waals surface area contributed by atoms with Crippen molar-refractivity contribution in [2.45, 2.75) is 13.3 Å². The number of halogens is 4. The number of rotatable bonds is 6. The number of anilines is 2. The lowest BCUT2D eigenvalue weighted by Gasteiger charge is -2.15. The maximum Gasteiger partial charge on any atom is 0.313 e. The SMILES string of the molecule is CCOC(=O)CC(=Nc1cc(N)ccc1Cl)NNc1c(Cl)cc(Cl)cc1Cl. The molecule has 0 saturated carbocycles. The first-order chi connectivity index (χ1) is 12.8. The molecular formula is C17H16Cl4N4O2. The van der Waals surface area contributed by atoms with E-state index in [0.29, 0.717) is 27.1 Å². The van der Waals surface area contributed by atoms with Crippen LogP contribution in [0.25, 0.3) is 0 Å². The molecule has 10 heteroatoms. The van der Waals surface area contributed by atoms with Gasteiger partial charge in [-0.15, -0.1) is 0 Å². The van der Waals surface area contributed by atoms with Crippen molar-refractivity contribution in [3.63, 3.8) is 0 Å². The van der Waals surface area contributed by atoms with Crippen LogP contribution in [0.4, 0.5) is 17.1 Å². The summed E-state index contributed by atoms with van der Waals surface area (Å²) in [5.41, 5.74) is 12.6. The first-order valence-corrected chi connectivity index (χ1v) is 9.26. The average molecular weight is 450 g/mol. The Morgan fingerprint density at radius 2 is 1.78 bits per heavy atom. The minimum absolute atomic E-state index is 0.144. The largest absolute Gasteiger partial charge is 0.466 e. The van der Waals surface area contributed by atoms with E-state index in [-0.39, 0.29) is 28.9 Å². The standard InChI is InChI=1S/C17H16Cl4N4O2/c1-2-27-16(26)8-15(23-14-7-10(22)3-4-11(14)19)24-25-17-12(20)5-9(18)6-13(17)21/h3-7,25H,2,8,22H2,1H3,(H,23,24). The van der Waals surface area contributed by atoms with Crippen molar-refractivity contribution < 1.29 is 9.53 Å². The van der Waals surface area contributed by atoms with E-state index in [1.165, 1.54) is 12.1 Å². The van der Waals surface area contributed by atoms with Gasteiger partial charge in [-0.1, -0.05) is 46.4 Å². The highest BCUT2D eigenvalue weighted by atomic mass is 35.5. The highest BCUT2D eigenvalue weighted by Gasteiger charge is 2.13. The molecule has 4 N–H and O–H groups in total. The second-order valence-electron chi connectivity index (χ2n) is 5.25. The number of hydrazine groups is 1. The molecule has 2 aromatic carbocycles. The van der Waals surface area contributed by atoms with Gasteiger partial charge in [0.05, 0.1) is 33.0 Å². The van der Waals surface area contributed by atoms with Gasteiger partial charge in [-0.05, 0) is 37.3 Å². The van der Waals surface area contributed by atoms with Gasteiger partial charge in [-0.2, -0.15) is 0 Å². The zero-order chi connectivity index (χ0) is 20.0. The number of benzene rings is 2. The third kappa shape index (κ3) is 6.36. The number of esters is 1. The summed E-state index contributed by atoms with van der Waals surface area (Å²) in [5, 5.41) is 1.34. The quantitative estimate of drug-likeness (QED) is 0.178. The van der Waals surface area contributed by atoms with Crippen LogP contribution < -0.4 is 16.6 Å². The lowest BCUT2D eigenvalue weighted by atomic mass is 10.3. The molecule has 144 valence electrons. The van der Waals surface area contributed by atoms with Gasteiger partial charge >= 0.3 is 5.97 Å². The third-order valence-corrected chi connectivity index (χ3v) is 4.32. The minimum atomic E-state index is -0.473. The number of nitrogen functional groups attached to an aromatic ring is 1. The molecule has 0 aliphatic carbocycles. The van der Waals surface area contributed by atoms with Crippen molar-refractivity contribution in [3.05, 3.63) is 50.4 Å². The van der Waals surface area contributed by atoms with Crippen LogP contribution in [0.2, 0.25) is 20.1 Å². The Morgan fingerprint density at radius 1 is 1.11 bits per heavy atom. The zero-order valence-electron chi connectivity index (χ0n) is 14.2. The van der Waals surface area contributed by atoms with Crippen molar-refractivity contribution in [1.29, 1.82) is 0 Å². The Hall–Kier alpha value is -1.86. The van der Waals surface area contributed by atoms with Gasteiger partial charge in [0.25, 0.3) is 0 Å². The first-order valence-electron chi connectivity index (χ1n) is 7.75. The van der Waals surface area contributed by atoms with Crippen molar-refractivity contribution in [3.8, 4) is 0 Å². The number of carbonyl (C=O) groups is 1. The number of carbonyl (C=O) groups excluding carboxylic acids is 1. The predicted molar refractivity (Wildman–Crippen MR) is 112 cm³/mol. The van der Waals surface area contributed by atoms with Crippen LogP contribution in [0, 0.1) is 0 Å². The van der Waals surface area contributed by atoms with Gasteiger partial charge in [0.2, 0.25) is 0 Å². The van der Waals surface area contributed by atoms with Crippen LogP contribution in [-0.2, 0) is 9.53 Å². The smallest absolute Gasteiger partial charge is 0.313 e. The summed E-state index contributed by atoms with van der Waals surface area (Å²) in [6, 6.07) is 7.88. The first kappa shape index (κ1) is 21.4. The van der Waals surface area contributed by atoms with Crippen molar-refractivity contribution in [1.82, 2.24) is 5.43 Å². The third-order valence-electron chi connectivity index (χ3n) is 3.18. The van der Waals surface area contributed by atoms with E-state index < -0.39 is 5.97 Å². The molecule has 0 fully saturated rings. The fourth-order valence-electron chi connectivity index (χ4n) is 2.02. The monoisotopic (exact) mass is 448 g/mol. The minimum Gasteiger partial charge on any atom is -0.466 e. The van der Waals surface area contributed by atoms with E-state index in [2.05, 4.69) is 15.8 Å².